The highest BCUT2D eigenvalue weighted by Crippen LogP contribution is 2.29. The normalized spacial score (nSPS) is 11.9. The molecule has 1 rings (SSSR count). The molecule has 0 aliphatic heterocycles. The van der Waals surface area contributed by atoms with Crippen LogP contribution >= 0.6 is 34.2 Å². The largest absolute Gasteiger partial charge is 0.377 e. The van der Waals surface area contributed by atoms with Crippen LogP contribution in [0.1, 0.15) is 32.3 Å². The third kappa shape index (κ3) is 3.26. The van der Waals surface area contributed by atoms with Gasteiger partial charge in [0.1, 0.15) is 11.8 Å². The van der Waals surface area contributed by atoms with E-state index < -0.39 is 0 Å². The van der Waals surface area contributed by atoms with Gasteiger partial charge in [-0.1, -0.05) is 32.4 Å². The number of ether oxygens (including phenoxy) is 1. The van der Waals surface area contributed by atoms with Gasteiger partial charge in [-0.3, -0.25) is 0 Å². The van der Waals surface area contributed by atoms with Crippen LogP contribution in [0.2, 0.25) is 5.15 Å². The second kappa shape index (κ2) is 4.93. The molecule has 84 valence electrons. The van der Waals surface area contributed by atoms with Gasteiger partial charge in [0, 0.05) is 12.5 Å². The average molecular weight is 341 g/mol. The fourth-order valence-corrected chi connectivity index (χ4v) is 2.39. The molecule has 0 unspecified atom stereocenters. The topological polar surface area (TPSA) is 35.0 Å². The Bertz CT molecular complexity index is 363. The minimum Gasteiger partial charge on any atom is -0.377 e. The van der Waals surface area contributed by atoms with Crippen molar-refractivity contribution in [3.8, 4) is 0 Å². The average Bonchev–Trinajstić information content (AvgIpc) is 2.09. The van der Waals surface area contributed by atoms with Gasteiger partial charge in [0.15, 0.2) is 5.82 Å². The second-order valence-electron chi connectivity index (χ2n) is 4.28. The Balaban J connectivity index is 3.25. The molecule has 1 heterocycles. The second-order valence-corrected chi connectivity index (χ2v) is 5.71. The minimum absolute atomic E-state index is 0.0361. The van der Waals surface area contributed by atoms with Crippen LogP contribution in [0.3, 0.4) is 0 Å². The Kier molecular flexibility index (Phi) is 4.31. The van der Waals surface area contributed by atoms with E-state index in [1.54, 1.807) is 7.11 Å². The zero-order chi connectivity index (χ0) is 11.6. The van der Waals surface area contributed by atoms with E-state index in [0.29, 0.717) is 17.6 Å². The lowest BCUT2D eigenvalue weighted by molar-refractivity contribution is 0.177. The van der Waals surface area contributed by atoms with Gasteiger partial charge in [-0.25, -0.2) is 9.97 Å². The van der Waals surface area contributed by atoms with Crippen LogP contribution in [0.25, 0.3) is 0 Å². The summed E-state index contributed by atoms with van der Waals surface area (Å²) in [6, 6.07) is 0. The first-order chi connectivity index (χ1) is 6.86. The Morgan fingerprint density at radius 3 is 2.40 bits per heavy atom. The Morgan fingerprint density at radius 2 is 1.93 bits per heavy atom. The van der Waals surface area contributed by atoms with Gasteiger partial charge < -0.3 is 4.74 Å². The van der Waals surface area contributed by atoms with Gasteiger partial charge in [-0.05, 0) is 22.6 Å². The number of hydrogen-bond donors (Lipinski definition) is 0. The van der Waals surface area contributed by atoms with Crippen molar-refractivity contribution in [2.45, 2.75) is 32.8 Å². The van der Waals surface area contributed by atoms with Crippen LogP contribution in [0.4, 0.5) is 0 Å². The standard InChI is InChI=1S/C10H14ClIN2O/c1-10(2,3)8-7(12)9(11)14-6(13-8)5-15-4/h5H2,1-4H3. The monoisotopic (exact) mass is 340 g/mol. The summed E-state index contributed by atoms with van der Waals surface area (Å²) < 4.78 is 5.92. The number of halogens is 2. The zero-order valence-corrected chi connectivity index (χ0v) is 12.2. The van der Waals surface area contributed by atoms with Crippen molar-refractivity contribution in [3.05, 3.63) is 20.2 Å². The zero-order valence-electron chi connectivity index (χ0n) is 9.27. The first-order valence-electron chi connectivity index (χ1n) is 4.57. The lowest BCUT2D eigenvalue weighted by Crippen LogP contribution is -2.18. The van der Waals surface area contributed by atoms with Gasteiger partial charge in [0.2, 0.25) is 0 Å². The molecule has 0 radical (unpaired) electrons. The van der Waals surface area contributed by atoms with Crippen LogP contribution in [0.5, 0.6) is 0 Å². The molecular weight excluding hydrogens is 326 g/mol. The van der Waals surface area contributed by atoms with E-state index in [9.17, 15) is 0 Å². The van der Waals surface area contributed by atoms with Crippen molar-refractivity contribution in [3.63, 3.8) is 0 Å². The van der Waals surface area contributed by atoms with Crippen molar-refractivity contribution in [1.82, 2.24) is 9.97 Å². The molecule has 1 aromatic heterocycles. The predicted octanol–water partition coefficient (Wildman–Crippen LogP) is 3.18. The Hall–Kier alpha value is 0.0600. The van der Waals surface area contributed by atoms with Crippen LogP contribution in [0, 0.1) is 3.57 Å². The summed E-state index contributed by atoms with van der Waals surface area (Å²) in [4.78, 5) is 8.62. The van der Waals surface area contributed by atoms with Gasteiger partial charge in [-0.2, -0.15) is 0 Å². The summed E-state index contributed by atoms with van der Waals surface area (Å²) >= 11 is 8.22. The number of aromatic nitrogens is 2. The van der Waals surface area contributed by atoms with E-state index in [-0.39, 0.29) is 5.41 Å². The number of nitrogens with zero attached hydrogens (tertiary/aromatic N) is 2. The molecule has 0 saturated carbocycles. The minimum atomic E-state index is -0.0361. The van der Waals surface area contributed by atoms with Gasteiger partial charge in [-0.15, -0.1) is 0 Å². The predicted molar refractivity (Wildman–Crippen MR) is 69.2 cm³/mol. The summed E-state index contributed by atoms with van der Waals surface area (Å²) in [5.74, 6) is 0.632. The van der Waals surface area contributed by atoms with Gasteiger partial charge in [0.25, 0.3) is 0 Å². The molecular formula is C10H14ClIN2O. The van der Waals surface area contributed by atoms with E-state index in [2.05, 4.69) is 53.3 Å². The van der Waals surface area contributed by atoms with E-state index >= 15 is 0 Å². The highest BCUT2D eigenvalue weighted by Gasteiger charge is 2.22. The molecule has 0 atom stereocenters. The summed E-state index contributed by atoms with van der Waals surface area (Å²) in [5, 5.41) is 0.502. The fraction of sp³-hybridized carbons (Fsp3) is 0.600. The molecule has 0 saturated heterocycles. The number of rotatable bonds is 2. The van der Waals surface area contributed by atoms with Gasteiger partial charge >= 0.3 is 0 Å². The SMILES string of the molecule is COCc1nc(Cl)c(I)c(C(C)(C)C)n1. The smallest absolute Gasteiger partial charge is 0.156 e. The Labute approximate surface area is 109 Å². The van der Waals surface area contributed by atoms with Crippen LogP contribution in [0.15, 0.2) is 0 Å². The molecule has 0 aromatic carbocycles. The molecule has 0 aliphatic rings. The highest BCUT2D eigenvalue weighted by molar-refractivity contribution is 14.1. The van der Waals surface area contributed by atoms with E-state index in [1.165, 1.54) is 0 Å². The van der Waals surface area contributed by atoms with E-state index in [0.717, 1.165) is 9.26 Å². The maximum atomic E-state index is 6.05. The molecule has 0 amide bonds. The molecule has 15 heavy (non-hydrogen) atoms. The van der Waals surface area contributed by atoms with Crippen molar-refractivity contribution in [1.29, 1.82) is 0 Å². The fourth-order valence-electron chi connectivity index (χ4n) is 1.15. The summed E-state index contributed by atoms with van der Waals surface area (Å²) in [6.45, 7) is 6.69. The maximum Gasteiger partial charge on any atom is 0.156 e. The van der Waals surface area contributed by atoms with E-state index in [4.69, 9.17) is 16.3 Å². The quantitative estimate of drug-likeness (QED) is 0.613. The lowest BCUT2D eigenvalue weighted by atomic mass is 9.92. The molecule has 0 spiro atoms. The van der Waals surface area contributed by atoms with E-state index in [1.807, 2.05) is 0 Å². The van der Waals surface area contributed by atoms with Crippen molar-refractivity contribution in [2.75, 3.05) is 7.11 Å². The molecule has 0 aliphatic carbocycles. The number of hydrogen-bond acceptors (Lipinski definition) is 3. The van der Waals surface area contributed by atoms with Crippen LogP contribution in [-0.2, 0) is 16.8 Å². The molecule has 1 aromatic rings. The molecule has 0 N–H and O–H groups in total. The van der Waals surface area contributed by atoms with Crippen LogP contribution < -0.4 is 0 Å². The van der Waals surface area contributed by atoms with Crippen molar-refractivity contribution in [2.24, 2.45) is 0 Å². The third-order valence-corrected chi connectivity index (χ3v) is 3.46. The molecule has 0 fully saturated rings. The molecule has 5 heteroatoms. The number of methoxy groups -OCH3 is 1. The Morgan fingerprint density at radius 1 is 1.33 bits per heavy atom. The first kappa shape index (κ1) is 13.1. The van der Waals surface area contributed by atoms with Crippen molar-refractivity contribution < 1.29 is 4.74 Å². The highest BCUT2D eigenvalue weighted by atomic mass is 127. The lowest BCUT2D eigenvalue weighted by Gasteiger charge is -2.20. The molecule has 0 bridgehead atoms. The summed E-state index contributed by atoms with van der Waals surface area (Å²) in [5.41, 5.74) is 0.932. The maximum absolute atomic E-state index is 6.05. The van der Waals surface area contributed by atoms with Crippen LogP contribution in [-0.4, -0.2) is 17.1 Å². The third-order valence-electron chi connectivity index (χ3n) is 1.84. The summed E-state index contributed by atoms with van der Waals surface area (Å²) in [7, 11) is 1.62. The first-order valence-corrected chi connectivity index (χ1v) is 6.03. The molecule has 3 nitrogen and oxygen atoms in total. The summed E-state index contributed by atoms with van der Waals surface area (Å²) in [6.07, 6.45) is 0. The van der Waals surface area contributed by atoms with Crippen molar-refractivity contribution >= 4 is 34.2 Å². The van der Waals surface area contributed by atoms with Gasteiger partial charge in [0.05, 0.1) is 9.26 Å².